The number of hydrogen-bond donors (Lipinski definition) is 2. The lowest BCUT2D eigenvalue weighted by molar-refractivity contribution is 0.0926. The van der Waals surface area contributed by atoms with Crippen molar-refractivity contribution >= 4 is 46.4 Å². The van der Waals surface area contributed by atoms with Gasteiger partial charge >= 0.3 is 0 Å². The molecule has 0 saturated heterocycles. The highest BCUT2D eigenvalue weighted by molar-refractivity contribution is 6.41. The maximum absolute atomic E-state index is 12.9. The molecule has 2 amide bonds. The molecule has 1 atom stereocenters. The summed E-state index contributed by atoms with van der Waals surface area (Å²) < 4.78 is 0. The number of aliphatic hydroxyl groups is 1. The molecule has 2 heterocycles. The number of halogens is 2. The average molecular weight is 428 g/mol. The predicted molar refractivity (Wildman–Crippen MR) is 112 cm³/mol. The van der Waals surface area contributed by atoms with E-state index in [2.05, 4.69) is 10.3 Å². The second-order valence-corrected chi connectivity index (χ2v) is 7.34. The van der Waals surface area contributed by atoms with Gasteiger partial charge in [0.15, 0.2) is 6.23 Å². The Bertz CT molecular complexity index is 1110. The third kappa shape index (κ3) is 3.35. The lowest BCUT2D eigenvalue weighted by Crippen LogP contribution is -2.29. The molecule has 1 unspecified atom stereocenters. The number of amides is 2. The molecule has 29 heavy (non-hydrogen) atoms. The largest absolute Gasteiger partial charge is 0.368 e. The van der Waals surface area contributed by atoms with Crippen LogP contribution in [0.1, 0.15) is 38.2 Å². The fourth-order valence-corrected chi connectivity index (χ4v) is 3.85. The Balaban J connectivity index is 1.67. The topological polar surface area (TPSA) is 82.5 Å². The van der Waals surface area contributed by atoms with E-state index in [4.69, 9.17) is 23.2 Å². The van der Waals surface area contributed by atoms with Crippen LogP contribution >= 0.6 is 23.2 Å². The number of carbonyl (C=O) groups is 2. The van der Waals surface area contributed by atoms with E-state index in [-0.39, 0.29) is 21.4 Å². The molecule has 1 aromatic heterocycles. The normalized spacial score (nSPS) is 14.1. The fraction of sp³-hybridized carbons (Fsp3) is 0.0952. The van der Waals surface area contributed by atoms with Crippen molar-refractivity contribution < 1.29 is 14.7 Å². The number of fused-ring (bicyclic) bond motifs is 1. The average Bonchev–Trinajstić information content (AvgIpc) is 2.96. The summed E-state index contributed by atoms with van der Waals surface area (Å²) in [6, 6.07) is 13.2. The van der Waals surface area contributed by atoms with Gasteiger partial charge in [-0.25, -0.2) is 4.90 Å². The van der Waals surface area contributed by atoms with Gasteiger partial charge in [0.05, 0.1) is 38.2 Å². The van der Waals surface area contributed by atoms with Gasteiger partial charge in [-0.05, 0) is 42.8 Å². The number of aryl methyl sites for hydroxylation is 1. The van der Waals surface area contributed by atoms with Gasteiger partial charge in [-0.15, -0.1) is 0 Å². The molecule has 2 aromatic carbocycles. The number of aliphatic hydroxyl groups excluding tert-OH is 1. The summed E-state index contributed by atoms with van der Waals surface area (Å²) in [5.74, 6) is -0.862. The first-order valence-electron chi connectivity index (χ1n) is 8.71. The van der Waals surface area contributed by atoms with Gasteiger partial charge in [0.2, 0.25) is 0 Å². The Morgan fingerprint density at radius 3 is 2.38 bits per heavy atom. The van der Waals surface area contributed by atoms with Crippen molar-refractivity contribution in [2.24, 2.45) is 0 Å². The van der Waals surface area contributed by atoms with E-state index < -0.39 is 18.0 Å². The Labute approximate surface area is 176 Å². The number of benzene rings is 2. The Kier molecular flexibility index (Phi) is 5.00. The predicted octanol–water partition coefficient (Wildman–Crippen LogP) is 4.60. The number of aromatic nitrogens is 1. The van der Waals surface area contributed by atoms with Crippen molar-refractivity contribution in [2.75, 3.05) is 10.2 Å². The summed E-state index contributed by atoms with van der Waals surface area (Å²) in [7, 11) is 0. The molecule has 0 spiro atoms. The van der Waals surface area contributed by atoms with Crippen molar-refractivity contribution in [3.63, 3.8) is 0 Å². The molecule has 2 N–H and O–H groups in total. The number of carbonyl (C=O) groups excluding carboxylic acids is 2. The third-order valence-corrected chi connectivity index (χ3v) is 5.25. The summed E-state index contributed by atoms with van der Waals surface area (Å²) in [6.45, 7) is 1.78. The zero-order valence-corrected chi connectivity index (χ0v) is 16.7. The summed E-state index contributed by atoms with van der Waals surface area (Å²) in [4.78, 5) is 30.8. The number of rotatable bonds is 4. The van der Waals surface area contributed by atoms with Crippen molar-refractivity contribution in [2.45, 2.75) is 13.2 Å². The van der Waals surface area contributed by atoms with Gasteiger partial charge in [0.1, 0.15) is 0 Å². The van der Waals surface area contributed by atoms with Crippen LogP contribution in [0.15, 0.2) is 54.7 Å². The van der Waals surface area contributed by atoms with E-state index in [9.17, 15) is 14.7 Å². The summed E-state index contributed by atoms with van der Waals surface area (Å²) in [6.07, 6.45) is 0.413. The zero-order chi connectivity index (χ0) is 20.7. The van der Waals surface area contributed by atoms with Crippen LogP contribution in [-0.4, -0.2) is 21.9 Å². The number of nitrogens with one attached hydrogen (secondary N) is 1. The molecule has 0 aliphatic carbocycles. The first kappa shape index (κ1) is 19.4. The maximum Gasteiger partial charge on any atom is 0.266 e. The molecule has 0 bridgehead atoms. The molecule has 0 saturated carbocycles. The van der Waals surface area contributed by atoms with E-state index in [1.165, 1.54) is 12.1 Å². The molecule has 1 aliphatic heterocycles. The second-order valence-electron chi connectivity index (χ2n) is 6.53. The first-order chi connectivity index (χ1) is 13.9. The molecule has 6 nitrogen and oxygen atoms in total. The minimum absolute atomic E-state index is 0.149. The lowest BCUT2D eigenvalue weighted by atomic mass is 10.0. The van der Waals surface area contributed by atoms with E-state index >= 15 is 0 Å². The third-order valence-electron chi connectivity index (χ3n) is 4.66. The van der Waals surface area contributed by atoms with E-state index in [0.29, 0.717) is 16.8 Å². The van der Waals surface area contributed by atoms with Gasteiger partial charge in [-0.2, -0.15) is 0 Å². The van der Waals surface area contributed by atoms with Gasteiger partial charge in [0, 0.05) is 6.20 Å². The summed E-state index contributed by atoms with van der Waals surface area (Å²) in [5.41, 5.74) is 2.34. The minimum atomic E-state index is -1.14. The highest BCUT2D eigenvalue weighted by Crippen LogP contribution is 2.39. The fourth-order valence-electron chi connectivity index (χ4n) is 3.26. The minimum Gasteiger partial charge on any atom is -0.368 e. The quantitative estimate of drug-likeness (QED) is 0.469. The molecular weight excluding hydrogens is 413 g/mol. The van der Waals surface area contributed by atoms with Crippen molar-refractivity contribution in [3.8, 4) is 0 Å². The number of anilines is 2. The van der Waals surface area contributed by atoms with E-state index in [1.807, 2.05) is 0 Å². The van der Waals surface area contributed by atoms with Crippen LogP contribution in [0.2, 0.25) is 10.0 Å². The molecular formula is C21H15Cl2N3O3. The SMILES string of the molecule is Cc1cccc2c1C(=O)N(c1cc(Cl)c(NC(O)c3ccccn3)c(Cl)c1)C2=O. The Hall–Kier alpha value is -2.93. The summed E-state index contributed by atoms with van der Waals surface area (Å²) >= 11 is 12.7. The number of imide groups is 1. The maximum atomic E-state index is 12.9. The van der Waals surface area contributed by atoms with E-state index in [1.54, 1.807) is 49.5 Å². The second kappa shape index (κ2) is 7.48. The highest BCUT2D eigenvalue weighted by Gasteiger charge is 2.38. The van der Waals surface area contributed by atoms with Crippen LogP contribution in [0.4, 0.5) is 11.4 Å². The van der Waals surface area contributed by atoms with Gasteiger partial charge in [-0.3, -0.25) is 14.6 Å². The molecule has 146 valence electrons. The van der Waals surface area contributed by atoms with Crippen LogP contribution < -0.4 is 10.2 Å². The Morgan fingerprint density at radius 1 is 1.03 bits per heavy atom. The number of hydrogen-bond acceptors (Lipinski definition) is 5. The van der Waals surface area contributed by atoms with Crippen molar-refractivity contribution in [1.82, 2.24) is 4.98 Å². The molecule has 3 aromatic rings. The van der Waals surface area contributed by atoms with Crippen molar-refractivity contribution in [3.05, 3.63) is 87.2 Å². The molecule has 0 fully saturated rings. The van der Waals surface area contributed by atoms with Crippen LogP contribution in [0.3, 0.4) is 0 Å². The number of nitrogens with zero attached hydrogens (tertiary/aromatic N) is 2. The highest BCUT2D eigenvalue weighted by atomic mass is 35.5. The van der Waals surface area contributed by atoms with Gasteiger partial charge in [0.25, 0.3) is 11.8 Å². The molecule has 8 heteroatoms. The van der Waals surface area contributed by atoms with Gasteiger partial charge in [-0.1, -0.05) is 41.4 Å². The summed E-state index contributed by atoms with van der Waals surface area (Å²) in [5, 5.41) is 13.4. The van der Waals surface area contributed by atoms with E-state index in [0.717, 1.165) is 10.5 Å². The molecule has 4 rings (SSSR count). The van der Waals surface area contributed by atoms with Crippen molar-refractivity contribution in [1.29, 1.82) is 0 Å². The van der Waals surface area contributed by atoms with Crippen LogP contribution in [0, 0.1) is 6.92 Å². The zero-order valence-electron chi connectivity index (χ0n) is 15.2. The standard InChI is InChI=1S/C21H15Cl2N3O3/c1-11-5-4-6-13-17(11)21(29)26(20(13)28)12-9-14(22)18(15(23)10-12)25-19(27)16-7-2-3-8-24-16/h2-10,19,25,27H,1H3. The molecule has 0 radical (unpaired) electrons. The smallest absolute Gasteiger partial charge is 0.266 e. The van der Waals surface area contributed by atoms with Crippen LogP contribution in [0.5, 0.6) is 0 Å². The number of pyridine rings is 1. The monoisotopic (exact) mass is 427 g/mol. The van der Waals surface area contributed by atoms with Crippen LogP contribution in [-0.2, 0) is 0 Å². The molecule has 1 aliphatic rings. The first-order valence-corrected chi connectivity index (χ1v) is 9.47. The lowest BCUT2D eigenvalue weighted by Gasteiger charge is -2.19. The van der Waals surface area contributed by atoms with Crippen LogP contribution in [0.25, 0.3) is 0 Å². The van der Waals surface area contributed by atoms with Gasteiger partial charge < -0.3 is 10.4 Å². The Morgan fingerprint density at radius 2 is 1.76 bits per heavy atom.